The molecule has 1 aromatic carbocycles. The van der Waals surface area contributed by atoms with Crippen LogP contribution in [0.5, 0.6) is 0 Å². The lowest BCUT2D eigenvalue weighted by molar-refractivity contribution is -0.126. The third-order valence-electron chi connectivity index (χ3n) is 6.04. The van der Waals surface area contributed by atoms with Crippen LogP contribution in [0.3, 0.4) is 0 Å². The minimum atomic E-state index is -0.129. The van der Waals surface area contributed by atoms with Crippen molar-refractivity contribution in [2.24, 2.45) is 10.9 Å². The molecule has 0 spiro atoms. The molecule has 4 rings (SSSR count). The van der Waals surface area contributed by atoms with E-state index in [-0.39, 0.29) is 59.6 Å². The molecule has 0 aliphatic heterocycles. The van der Waals surface area contributed by atoms with Crippen LogP contribution >= 0.6 is 24.0 Å². The summed E-state index contributed by atoms with van der Waals surface area (Å²) < 4.78 is 14.0. The van der Waals surface area contributed by atoms with Gasteiger partial charge in [-0.3, -0.25) is 9.79 Å². The number of nitrogens with one attached hydrogen (secondary N) is 3. The van der Waals surface area contributed by atoms with Gasteiger partial charge >= 0.3 is 0 Å². The van der Waals surface area contributed by atoms with Crippen molar-refractivity contribution < 1.29 is 9.18 Å². The van der Waals surface area contributed by atoms with E-state index >= 15 is 0 Å². The summed E-state index contributed by atoms with van der Waals surface area (Å²) in [5.74, 6) is 1.18. The number of hydrogen-bond acceptors (Lipinski definition) is 2. The zero-order valence-electron chi connectivity index (χ0n) is 17.0. The summed E-state index contributed by atoms with van der Waals surface area (Å²) in [5, 5.41) is 10.2. The van der Waals surface area contributed by atoms with Gasteiger partial charge in [-0.25, -0.2) is 4.39 Å². The molecule has 1 amide bonds. The summed E-state index contributed by atoms with van der Waals surface area (Å²) in [5.41, 5.74) is 0.783. The third kappa shape index (κ3) is 6.06. The average Bonchev–Trinajstić information content (AvgIpc) is 3.60. The van der Waals surface area contributed by atoms with E-state index in [1.807, 2.05) is 19.1 Å². The Morgan fingerprint density at radius 2 is 1.86 bits per heavy atom. The highest BCUT2D eigenvalue weighted by Crippen LogP contribution is 2.41. The molecule has 5 nitrogen and oxygen atoms in total. The Morgan fingerprint density at radius 1 is 1.07 bits per heavy atom. The molecule has 3 aliphatic rings. The quantitative estimate of drug-likeness (QED) is 0.308. The molecule has 0 saturated heterocycles. The normalized spacial score (nSPS) is 28.8. The minimum Gasteiger partial charge on any atom is -0.354 e. The molecule has 0 aromatic heterocycles. The van der Waals surface area contributed by atoms with Crippen molar-refractivity contribution in [3.63, 3.8) is 0 Å². The van der Waals surface area contributed by atoms with Crippen molar-refractivity contribution in [1.82, 2.24) is 16.0 Å². The van der Waals surface area contributed by atoms with Crippen LogP contribution in [-0.4, -0.2) is 36.5 Å². The molecule has 29 heavy (non-hydrogen) atoms. The van der Waals surface area contributed by atoms with E-state index in [2.05, 4.69) is 20.9 Å². The van der Waals surface area contributed by atoms with Gasteiger partial charge in [0, 0.05) is 36.5 Å². The Balaban J connectivity index is 0.00000240. The summed E-state index contributed by atoms with van der Waals surface area (Å²) in [6, 6.07) is 7.91. The molecule has 3 fully saturated rings. The van der Waals surface area contributed by atoms with Crippen molar-refractivity contribution in [1.29, 1.82) is 0 Å². The predicted octanol–water partition coefficient (Wildman–Crippen LogP) is 3.69. The standard InChI is InChI=1S/C22H31FN4O.HI/c1-2-24-22(27-20-13-18(20)17-8-3-4-9-19(17)23)26-16-7-5-6-14(12-16)21(28)25-15-10-11-15;/h3-4,8-9,14-16,18,20H,2,5-7,10-13H2,1H3,(H,25,28)(H2,24,26,27);1H. The molecule has 7 heteroatoms. The number of carbonyl (C=O) groups excluding carboxylic acids is 1. The number of amides is 1. The molecule has 0 radical (unpaired) electrons. The van der Waals surface area contributed by atoms with Gasteiger partial charge in [0.05, 0.1) is 0 Å². The summed E-state index contributed by atoms with van der Waals surface area (Å²) in [7, 11) is 0. The molecular formula is C22H32FIN4O. The lowest BCUT2D eigenvalue weighted by atomic mass is 9.85. The number of guanidine groups is 1. The van der Waals surface area contributed by atoms with Crippen molar-refractivity contribution in [3.05, 3.63) is 35.6 Å². The van der Waals surface area contributed by atoms with Gasteiger partial charge in [-0.1, -0.05) is 24.6 Å². The predicted molar refractivity (Wildman–Crippen MR) is 124 cm³/mol. The molecule has 160 valence electrons. The van der Waals surface area contributed by atoms with Gasteiger partial charge in [0.25, 0.3) is 0 Å². The maximum Gasteiger partial charge on any atom is 0.223 e. The van der Waals surface area contributed by atoms with Crippen molar-refractivity contribution in [3.8, 4) is 0 Å². The molecular weight excluding hydrogens is 482 g/mol. The van der Waals surface area contributed by atoms with E-state index in [1.54, 1.807) is 6.07 Å². The highest BCUT2D eigenvalue weighted by molar-refractivity contribution is 14.0. The SMILES string of the molecule is CCN=C(NC1CCCC(C(=O)NC2CC2)C1)NC1CC1c1ccccc1F.I. The molecule has 3 aliphatic carbocycles. The van der Waals surface area contributed by atoms with Crippen LogP contribution in [0.4, 0.5) is 4.39 Å². The van der Waals surface area contributed by atoms with Crippen molar-refractivity contribution >= 4 is 35.8 Å². The number of hydrogen-bond donors (Lipinski definition) is 3. The largest absolute Gasteiger partial charge is 0.354 e. The van der Waals surface area contributed by atoms with Crippen molar-refractivity contribution in [2.45, 2.75) is 75.9 Å². The van der Waals surface area contributed by atoms with Gasteiger partial charge in [-0.2, -0.15) is 0 Å². The van der Waals surface area contributed by atoms with Crippen LogP contribution in [0.1, 0.15) is 63.4 Å². The first-order chi connectivity index (χ1) is 13.6. The zero-order valence-corrected chi connectivity index (χ0v) is 19.3. The highest BCUT2D eigenvalue weighted by atomic mass is 127. The second-order valence-corrected chi connectivity index (χ2v) is 8.43. The molecule has 1 aromatic rings. The Morgan fingerprint density at radius 3 is 2.59 bits per heavy atom. The second kappa shape index (κ2) is 10.1. The maximum atomic E-state index is 14.0. The monoisotopic (exact) mass is 514 g/mol. The summed E-state index contributed by atoms with van der Waals surface area (Å²) in [6.07, 6.45) is 7.11. The first kappa shape index (κ1) is 22.3. The molecule has 3 saturated carbocycles. The first-order valence-electron chi connectivity index (χ1n) is 10.8. The van der Waals surface area contributed by atoms with Crippen LogP contribution in [0, 0.1) is 11.7 Å². The number of benzene rings is 1. The van der Waals surface area contributed by atoms with Crippen LogP contribution in [-0.2, 0) is 4.79 Å². The fourth-order valence-corrected chi connectivity index (χ4v) is 4.24. The summed E-state index contributed by atoms with van der Waals surface area (Å²) in [6.45, 7) is 2.70. The van der Waals surface area contributed by atoms with E-state index in [4.69, 9.17) is 0 Å². The Bertz CT molecular complexity index is 739. The molecule has 0 bridgehead atoms. The lowest BCUT2D eigenvalue weighted by Crippen LogP contribution is -2.48. The topological polar surface area (TPSA) is 65.5 Å². The second-order valence-electron chi connectivity index (χ2n) is 8.43. The molecule has 4 atom stereocenters. The van der Waals surface area contributed by atoms with Gasteiger partial charge in [0.1, 0.15) is 5.82 Å². The van der Waals surface area contributed by atoms with E-state index < -0.39 is 0 Å². The number of halogens is 2. The summed E-state index contributed by atoms with van der Waals surface area (Å²) >= 11 is 0. The third-order valence-corrected chi connectivity index (χ3v) is 6.04. The number of aliphatic imine (C=N–C) groups is 1. The van der Waals surface area contributed by atoms with E-state index in [0.717, 1.165) is 56.5 Å². The van der Waals surface area contributed by atoms with Gasteiger partial charge in [-0.05, 0) is 57.1 Å². The molecule has 0 heterocycles. The number of carbonyl (C=O) groups is 1. The van der Waals surface area contributed by atoms with Gasteiger partial charge in [0.15, 0.2) is 5.96 Å². The van der Waals surface area contributed by atoms with Gasteiger partial charge in [-0.15, -0.1) is 24.0 Å². The highest BCUT2D eigenvalue weighted by Gasteiger charge is 2.41. The van der Waals surface area contributed by atoms with E-state index in [1.165, 1.54) is 6.07 Å². The van der Waals surface area contributed by atoms with Crippen LogP contribution in [0.2, 0.25) is 0 Å². The minimum absolute atomic E-state index is 0. The van der Waals surface area contributed by atoms with Crippen LogP contribution in [0.15, 0.2) is 29.3 Å². The van der Waals surface area contributed by atoms with Crippen LogP contribution in [0.25, 0.3) is 0 Å². The fraction of sp³-hybridized carbons (Fsp3) is 0.636. The maximum absolute atomic E-state index is 14.0. The van der Waals surface area contributed by atoms with Gasteiger partial charge < -0.3 is 16.0 Å². The number of nitrogens with zero attached hydrogens (tertiary/aromatic N) is 1. The number of rotatable bonds is 6. The Labute approximate surface area is 189 Å². The lowest BCUT2D eigenvalue weighted by Gasteiger charge is -2.30. The average molecular weight is 514 g/mol. The molecule has 3 N–H and O–H groups in total. The van der Waals surface area contributed by atoms with E-state index in [9.17, 15) is 9.18 Å². The molecule has 4 unspecified atom stereocenters. The van der Waals surface area contributed by atoms with Crippen LogP contribution < -0.4 is 16.0 Å². The first-order valence-corrected chi connectivity index (χ1v) is 10.8. The van der Waals surface area contributed by atoms with E-state index in [0.29, 0.717) is 12.6 Å². The fourth-order valence-electron chi connectivity index (χ4n) is 4.24. The Kier molecular flexibility index (Phi) is 7.76. The summed E-state index contributed by atoms with van der Waals surface area (Å²) in [4.78, 5) is 17.0. The smallest absolute Gasteiger partial charge is 0.223 e. The Hall–Kier alpha value is -1.38. The van der Waals surface area contributed by atoms with Crippen molar-refractivity contribution in [2.75, 3.05) is 6.54 Å². The van der Waals surface area contributed by atoms with Gasteiger partial charge in [0.2, 0.25) is 5.91 Å². The zero-order chi connectivity index (χ0) is 19.5.